The Morgan fingerprint density at radius 2 is 1.67 bits per heavy atom. The van der Waals surface area contributed by atoms with Crippen molar-refractivity contribution >= 4 is 0 Å². The molecular weight excluding hydrogens is 222 g/mol. The molecule has 0 radical (unpaired) electrons. The molecule has 1 unspecified atom stereocenters. The monoisotopic (exact) mass is 241 g/mol. The standard InChI is InChI=1S/C16H19NO/c1-13-7-5-6-10-15(13)18-16(17)12-11-14-8-3-2-4-9-14/h2-10,16H,11-12,17H2,1H3. The minimum absolute atomic E-state index is 0.258. The molecule has 0 saturated carbocycles. The summed E-state index contributed by atoms with van der Waals surface area (Å²) in [7, 11) is 0. The van der Waals surface area contributed by atoms with Crippen LogP contribution in [0.3, 0.4) is 0 Å². The van der Waals surface area contributed by atoms with Gasteiger partial charge in [-0.25, -0.2) is 0 Å². The van der Waals surface area contributed by atoms with Crippen LogP contribution in [0.25, 0.3) is 0 Å². The minimum Gasteiger partial charge on any atom is -0.475 e. The Kier molecular flexibility index (Phi) is 4.37. The van der Waals surface area contributed by atoms with E-state index >= 15 is 0 Å². The molecule has 0 aliphatic rings. The quantitative estimate of drug-likeness (QED) is 0.815. The zero-order chi connectivity index (χ0) is 12.8. The van der Waals surface area contributed by atoms with Gasteiger partial charge >= 0.3 is 0 Å². The van der Waals surface area contributed by atoms with Crippen molar-refractivity contribution in [2.24, 2.45) is 5.73 Å². The molecule has 2 N–H and O–H groups in total. The molecule has 18 heavy (non-hydrogen) atoms. The van der Waals surface area contributed by atoms with Gasteiger partial charge < -0.3 is 4.74 Å². The summed E-state index contributed by atoms with van der Waals surface area (Å²) >= 11 is 0. The number of aryl methyl sites for hydroxylation is 2. The van der Waals surface area contributed by atoms with Gasteiger partial charge in [0.05, 0.1) is 0 Å². The van der Waals surface area contributed by atoms with Gasteiger partial charge in [0.2, 0.25) is 0 Å². The molecule has 0 heterocycles. The molecule has 0 bridgehead atoms. The van der Waals surface area contributed by atoms with E-state index in [0.29, 0.717) is 0 Å². The van der Waals surface area contributed by atoms with Gasteiger partial charge in [-0.2, -0.15) is 0 Å². The smallest absolute Gasteiger partial charge is 0.148 e. The van der Waals surface area contributed by atoms with Crippen molar-refractivity contribution < 1.29 is 4.74 Å². The molecule has 2 aromatic carbocycles. The molecule has 2 heteroatoms. The molecule has 0 aliphatic carbocycles. The predicted octanol–water partition coefficient (Wildman–Crippen LogP) is 3.29. The lowest BCUT2D eigenvalue weighted by Gasteiger charge is -2.16. The van der Waals surface area contributed by atoms with E-state index in [0.717, 1.165) is 24.2 Å². The summed E-state index contributed by atoms with van der Waals surface area (Å²) in [6.07, 6.45) is 1.50. The second-order valence-electron chi connectivity index (χ2n) is 4.45. The highest BCUT2D eigenvalue weighted by molar-refractivity contribution is 5.31. The van der Waals surface area contributed by atoms with Crippen LogP contribution in [-0.4, -0.2) is 6.23 Å². The van der Waals surface area contributed by atoms with E-state index in [1.165, 1.54) is 5.56 Å². The van der Waals surface area contributed by atoms with Crippen LogP contribution < -0.4 is 10.5 Å². The maximum Gasteiger partial charge on any atom is 0.148 e. The van der Waals surface area contributed by atoms with Crippen LogP contribution in [0.15, 0.2) is 54.6 Å². The van der Waals surface area contributed by atoms with E-state index in [1.807, 2.05) is 49.4 Å². The van der Waals surface area contributed by atoms with Gasteiger partial charge in [-0.15, -0.1) is 0 Å². The molecular formula is C16H19NO. The van der Waals surface area contributed by atoms with Gasteiger partial charge in [-0.3, -0.25) is 5.73 Å². The van der Waals surface area contributed by atoms with Gasteiger partial charge in [0.15, 0.2) is 0 Å². The first-order valence-corrected chi connectivity index (χ1v) is 6.27. The summed E-state index contributed by atoms with van der Waals surface area (Å²) in [5, 5.41) is 0. The average Bonchev–Trinajstić information content (AvgIpc) is 2.40. The third-order valence-electron chi connectivity index (χ3n) is 2.93. The van der Waals surface area contributed by atoms with Crippen LogP contribution in [0.1, 0.15) is 17.5 Å². The Morgan fingerprint density at radius 1 is 1.00 bits per heavy atom. The Labute approximate surface area is 108 Å². The first-order chi connectivity index (χ1) is 8.75. The molecule has 2 rings (SSSR count). The maximum absolute atomic E-state index is 6.00. The third kappa shape index (κ3) is 3.60. The molecule has 1 atom stereocenters. The van der Waals surface area contributed by atoms with Crippen molar-refractivity contribution in [2.45, 2.75) is 26.0 Å². The number of nitrogens with two attached hydrogens (primary N) is 1. The van der Waals surface area contributed by atoms with E-state index in [4.69, 9.17) is 10.5 Å². The largest absolute Gasteiger partial charge is 0.475 e. The van der Waals surface area contributed by atoms with E-state index in [1.54, 1.807) is 0 Å². The lowest BCUT2D eigenvalue weighted by Crippen LogP contribution is -2.27. The SMILES string of the molecule is Cc1ccccc1OC(N)CCc1ccccc1. The molecule has 0 fully saturated rings. The first-order valence-electron chi connectivity index (χ1n) is 6.27. The zero-order valence-corrected chi connectivity index (χ0v) is 10.7. The van der Waals surface area contributed by atoms with Crippen molar-refractivity contribution in [3.63, 3.8) is 0 Å². The summed E-state index contributed by atoms with van der Waals surface area (Å²) in [5.41, 5.74) is 8.41. The van der Waals surface area contributed by atoms with Crippen LogP contribution in [0.4, 0.5) is 0 Å². The lowest BCUT2D eigenvalue weighted by atomic mass is 10.1. The average molecular weight is 241 g/mol. The van der Waals surface area contributed by atoms with Crippen LogP contribution in [0, 0.1) is 6.92 Å². The second kappa shape index (κ2) is 6.22. The van der Waals surface area contributed by atoms with Gasteiger partial charge in [0, 0.05) is 6.42 Å². The molecule has 0 aliphatic heterocycles. The van der Waals surface area contributed by atoms with E-state index < -0.39 is 0 Å². The van der Waals surface area contributed by atoms with Crippen LogP contribution in [-0.2, 0) is 6.42 Å². The highest BCUT2D eigenvalue weighted by atomic mass is 16.5. The second-order valence-corrected chi connectivity index (χ2v) is 4.45. The van der Waals surface area contributed by atoms with Crippen molar-refractivity contribution in [1.82, 2.24) is 0 Å². The first kappa shape index (κ1) is 12.7. The summed E-state index contributed by atoms with van der Waals surface area (Å²) in [5.74, 6) is 0.873. The van der Waals surface area contributed by atoms with Gasteiger partial charge in [0.1, 0.15) is 12.0 Å². The number of hydrogen-bond donors (Lipinski definition) is 1. The number of ether oxygens (including phenoxy) is 1. The highest BCUT2D eigenvalue weighted by Gasteiger charge is 2.06. The summed E-state index contributed by atoms with van der Waals surface area (Å²) < 4.78 is 5.74. The number of para-hydroxylation sites is 1. The topological polar surface area (TPSA) is 35.2 Å². The third-order valence-corrected chi connectivity index (χ3v) is 2.93. The van der Waals surface area contributed by atoms with Crippen molar-refractivity contribution in [2.75, 3.05) is 0 Å². The molecule has 0 amide bonds. The van der Waals surface area contributed by atoms with E-state index in [9.17, 15) is 0 Å². The fraction of sp³-hybridized carbons (Fsp3) is 0.250. The Balaban J connectivity index is 1.86. The summed E-state index contributed by atoms with van der Waals surface area (Å²) in [6, 6.07) is 18.3. The van der Waals surface area contributed by atoms with Crippen LogP contribution in [0.2, 0.25) is 0 Å². The fourth-order valence-electron chi connectivity index (χ4n) is 1.86. The normalized spacial score (nSPS) is 12.1. The van der Waals surface area contributed by atoms with Gasteiger partial charge in [-0.1, -0.05) is 48.5 Å². The van der Waals surface area contributed by atoms with Crippen molar-refractivity contribution in [3.8, 4) is 5.75 Å². The Morgan fingerprint density at radius 3 is 2.39 bits per heavy atom. The summed E-state index contributed by atoms with van der Waals surface area (Å²) in [6.45, 7) is 2.03. The molecule has 0 saturated heterocycles. The van der Waals surface area contributed by atoms with Crippen molar-refractivity contribution in [3.05, 3.63) is 65.7 Å². The lowest BCUT2D eigenvalue weighted by molar-refractivity contribution is 0.198. The van der Waals surface area contributed by atoms with Crippen molar-refractivity contribution in [1.29, 1.82) is 0 Å². The highest BCUT2D eigenvalue weighted by Crippen LogP contribution is 2.18. The van der Waals surface area contributed by atoms with E-state index in [2.05, 4.69) is 12.1 Å². The van der Waals surface area contributed by atoms with Gasteiger partial charge in [0.25, 0.3) is 0 Å². The minimum atomic E-state index is -0.258. The number of benzene rings is 2. The number of rotatable bonds is 5. The predicted molar refractivity (Wildman–Crippen MR) is 74.5 cm³/mol. The fourth-order valence-corrected chi connectivity index (χ4v) is 1.86. The number of hydrogen-bond acceptors (Lipinski definition) is 2. The maximum atomic E-state index is 6.00. The Bertz CT molecular complexity index is 481. The molecule has 2 nitrogen and oxygen atoms in total. The molecule has 2 aromatic rings. The Hall–Kier alpha value is -1.80. The summed E-state index contributed by atoms with van der Waals surface area (Å²) in [4.78, 5) is 0. The van der Waals surface area contributed by atoms with Crippen LogP contribution >= 0.6 is 0 Å². The molecule has 0 aromatic heterocycles. The molecule has 0 spiro atoms. The molecule has 94 valence electrons. The van der Waals surface area contributed by atoms with E-state index in [-0.39, 0.29) is 6.23 Å². The van der Waals surface area contributed by atoms with Gasteiger partial charge in [-0.05, 0) is 30.5 Å². The van der Waals surface area contributed by atoms with Crippen LogP contribution in [0.5, 0.6) is 5.75 Å². The zero-order valence-electron chi connectivity index (χ0n) is 10.7.